The van der Waals surface area contributed by atoms with E-state index in [4.69, 9.17) is 4.42 Å². The number of furan rings is 1. The van der Waals surface area contributed by atoms with E-state index in [1.54, 1.807) is 6.26 Å². The van der Waals surface area contributed by atoms with Gasteiger partial charge in [-0.25, -0.2) is 4.98 Å². The van der Waals surface area contributed by atoms with E-state index in [2.05, 4.69) is 26.7 Å². The molecule has 1 unspecified atom stereocenters. The number of hydrogen-bond donors (Lipinski definition) is 3. The summed E-state index contributed by atoms with van der Waals surface area (Å²) in [4.78, 5) is 9.10. The van der Waals surface area contributed by atoms with E-state index in [0.29, 0.717) is 17.6 Å². The monoisotopic (exact) mass is 322 g/mol. The Balaban J connectivity index is 1.48. The minimum Gasteiger partial charge on any atom is -0.459 e. The number of aliphatic hydroxyl groups excluding tert-OH is 1. The Bertz CT molecular complexity index is 917. The molecule has 0 saturated heterocycles. The minimum absolute atomic E-state index is 0.332. The molecule has 2 aliphatic rings. The van der Waals surface area contributed by atoms with Crippen LogP contribution in [0.4, 0.5) is 17.5 Å². The molecular formula is C18H18N4O2. The van der Waals surface area contributed by atoms with Crippen LogP contribution in [0.25, 0.3) is 11.1 Å². The average molecular weight is 322 g/mol. The van der Waals surface area contributed by atoms with Gasteiger partial charge in [0.05, 0.1) is 12.4 Å². The molecule has 1 atom stereocenters. The second-order valence-corrected chi connectivity index (χ2v) is 6.54. The number of aryl methyl sites for hydroxylation is 1. The van der Waals surface area contributed by atoms with Gasteiger partial charge >= 0.3 is 0 Å². The van der Waals surface area contributed by atoms with Crippen LogP contribution < -0.4 is 10.6 Å². The van der Waals surface area contributed by atoms with Crippen LogP contribution in [0.15, 0.2) is 34.9 Å². The van der Waals surface area contributed by atoms with Crippen LogP contribution in [0.5, 0.6) is 0 Å². The molecular weight excluding hydrogens is 304 g/mol. The fourth-order valence-electron chi connectivity index (χ4n) is 3.24. The van der Waals surface area contributed by atoms with Gasteiger partial charge in [0.25, 0.3) is 0 Å². The maximum absolute atomic E-state index is 9.92. The van der Waals surface area contributed by atoms with Crippen molar-refractivity contribution in [1.82, 2.24) is 9.97 Å². The van der Waals surface area contributed by atoms with E-state index >= 15 is 0 Å². The van der Waals surface area contributed by atoms with Crippen molar-refractivity contribution in [2.75, 3.05) is 10.6 Å². The molecule has 3 aromatic rings. The normalized spacial score (nSPS) is 19.5. The van der Waals surface area contributed by atoms with Gasteiger partial charge in [-0.05, 0) is 48.9 Å². The van der Waals surface area contributed by atoms with Crippen LogP contribution in [-0.2, 0) is 6.42 Å². The fourth-order valence-corrected chi connectivity index (χ4v) is 3.24. The second kappa shape index (κ2) is 5.21. The van der Waals surface area contributed by atoms with E-state index in [1.165, 1.54) is 18.4 Å². The third-order valence-electron chi connectivity index (χ3n) is 4.67. The molecule has 2 heterocycles. The van der Waals surface area contributed by atoms with Crippen molar-refractivity contribution in [3.8, 4) is 0 Å². The zero-order valence-corrected chi connectivity index (χ0v) is 13.1. The van der Waals surface area contributed by atoms with Crippen molar-refractivity contribution in [3.63, 3.8) is 0 Å². The van der Waals surface area contributed by atoms with Gasteiger partial charge in [-0.15, -0.1) is 0 Å². The van der Waals surface area contributed by atoms with Crippen LogP contribution in [0, 0.1) is 0 Å². The van der Waals surface area contributed by atoms with Crippen LogP contribution in [0.3, 0.4) is 0 Å². The number of hydrogen-bond acceptors (Lipinski definition) is 6. The molecule has 1 aromatic carbocycles. The quantitative estimate of drug-likeness (QED) is 0.681. The third kappa shape index (κ3) is 2.39. The summed E-state index contributed by atoms with van der Waals surface area (Å²) in [6.07, 6.45) is 5.35. The summed E-state index contributed by atoms with van der Waals surface area (Å²) in [5.74, 6) is 1.29. The highest BCUT2D eigenvalue weighted by molar-refractivity contribution is 5.85. The first-order valence-electron chi connectivity index (χ1n) is 8.36. The Labute approximate surface area is 138 Å². The summed E-state index contributed by atoms with van der Waals surface area (Å²) in [5, 5.41) is 16.6. The largest absolute Gasteiger partial charge is 0.459 e. The first kappa shape index (κ1) is 13.8. The molecule has 0 bridgehead atoms. The highest BCUT2D eigenvalue weighted by Crippen LogP contribution is 2.34. The van der Waals surface area contributed by atoms with E-state index in [-0.39, 0.29) is 6.10 Å². The lowest BCUT2D eigenvalue weighted by Gasteiger charge is -2.10. The smallest absolute Gasteiger partial charge is 0.229 e. The number of benzene rings is 1. The Hall–Kier alpha value is -2.60. The summed E-state index contributed by atoms with van der Waals surface area (Å²) in [7, 11) is 0. The molecule has 6 nitrogen and oxygen atoms in total. The fraction of sp³-hybridized carbons (Fsp3) is 0.333. The zero-order chi connectivity index (χ0) is 16.1. The van der Waals surface area contributed by atoms with Gasteiger partial charge in [0.15, 0.2) is 11.4 Å². The lowest BCUT2D eigenvalue weighted by atomic mass is 10.1. The van der Waals surface area contributed by atoms with Crippen LogP contribution in [0.2, 0.25) is 0 Å². The Morgan fingerprint density at radius 1 is 1.12 bits per heavy atom. The van der Waals surface area contributed by atoms with Crippen LogP contribution >= 0.6 is 0 Å². The van der Waals surface area contributed by atoms with Gasteiger partial charge in [-0.2, -0.15) is 4.98 Å². The summed E-state index contributed by atoms with van der Waals surface area (Å²) in [6.45, 7) is 0. The van der Waals surface area contributed by atoms with Crippen molar-refractivity contribution >= 4 is 28.6 Å². The SMILES string of the molecule is OC1CCc2cc(Nc3nc(NC4CC4)c4occc4n3)ccc21. The molecule has 3 N–H and O–H groups in total. The molecule has 122 valence electrons. The molecule has 2 aliphatic carbocycles. The van der Waals surface area contributed by atoms with E-state index < -0.39 is 0 Å². The van der Waals surface area contributed by atoms with Crippen LogP contribution in [0.1, 0.15) is 36.5 Å². The Morgan fingerprint density at radius 3 is 2.92 bits per heavy atom. The highest BCUT2D eigenvalue weighted by atomic mass is 16.3. The van der Waals surface area contributed by atoms with Gasteiger partial charge in [-0.1, -0.05) is 6.07 Å². The second-order valence-electron chi connectivity index (χ2n) is 6.54. The Morgan fingerprint density at radius 2 is 2.04 bits per heavy atom. The third-order valence-corrected chi connectivity index (χ3v) is 4.67. The molecule has 1 saturated carbocycles. The predicted octanol–water partition coefficient (Wildman–Crippen LogP) is 3.52. The van der Waals surface area contributed by atoms with Crippen molar-refractivity contribution in [2.45, 2.75) is 37.8 Å². The van der Waals surface area contributed by atoms with Crippen LogP contribution in [-0.4, -0.2) is 21.1 Å². The molecule has 0 spiro atoms. The van der Waals surface area contributed by atoms with Crippen molar-refractivity contribution in [2.24, 2.45) is 0 Å². The summed E-state index contributed by atoms with van der Waals surface area (Å²) in [6, 6.07) is 8.35. The van der Waals surface area contributed by atoms with Gasteiger partial charge in [0.1, 0.15) is 5.52 Å². The maximum Gasteiger partial charge on any atom is 0.229 e. The van der Waals surface area contributed by atoms with E-state index in [1.807, 2.05) is 18.2 Å². The molecule has 0 aliphatic heterocycles. The van der Waals surface area contributed by atoms with Gasteiger partial charge in [0.2, 0.25) is 5.95 Å². The number of rotatable bonds is 4. The number of nitrogens with one attached hydrogen (secondary N) is 2. The number of fused-ring (bicyclic) bond motifs is 2. The maximum atomic E-state index is 9.92. The van der Waals surface area contributed by atoms with Gasteiger partial charge < -0.3 is 20.2 Å². The molecule has 1 fully saturated rings. The summed E-state index contributed by atoms with van der Waals surface area (Å²) < 4.78 is 5.51. The highest BCUT2D eigenvalue weighted by Gasteiger charge is 2.24. The lowest BCUT2D eigenvalue weighted by molar-refractivity contribution is 0.180. The Kier molecular flexibility index (Phi) is 2.99. The van der Waals surface area contributed by atoms with Crippen molar-refractivity contribution in [1.29, 1.82) is 0 Å². The van der Waals surface area contributed by atoms with E-state index in [0.717, 1.165) is 35.4 Å². The molecule has 0 amide bonds. The predicted molar refractivity (Wildman–Crippen MR) is 91.5 cm³/mol. The summed E-state index contributed by atoms with van der Waals surface area (Å²) >= 11 is 0. The first-order valence-corrected chi connectivity index (χ1v) is 8.36. The standard InChI is InChI=1S/C18H18N4O2/c23-15-6-1-10-9-12(4-5-13(10)15)20-18-21-14-7-8-24-16(14)17(22-18)19-11-2-3-11/h4-5,7-9,11,15,23H,1-3,6H2,(H2,19,20,21,22). The van der Waals surface area contributed by atoms with Gasteiger partial charge in [-0.3, -0.25) is 0 Å². The molecule has 2 aromatic heterocycles. The zero-order valence-electron chi connectivity index (χ0n) is 13.1. The number of nitrogens with zero attached hydrogens (tertiary/aromatic N) is 2. The number of aliphatic hydroxyl groups is 1. The molecule has 24 heavy (non-hydrogen) atoms. The summed E-state index contributed by atoms with van der Waals surface area (Å²) in [5.41, 5.74) is 4.64. The topological polar surface area (TPSA) is 83.2 Å². The number of anilines is 3. The minimum atomic E-state index is -0.332. The first-order chi connectivity index (χ1) is 11.8. The molecule has 0 radical (unpaired) electrons. The molecule has 6 heteroatoms. The lowest BCUT2D eigenvalue weighted by Crippen LogP contribution is -2.06. The van der Waals surface area contributed by atoms with Gasteiger partial charge in [0, 0.05) is 17.8 Å². The number of aromatic nitrogens is 2. The van der Waals surface area contributed by atoms with Crippen molar-refractivity contribution in [3.05, 3.63) is 41.7 Å². The molecule has 5 rings (SSSR count). The van der Waals surface area contributed by atoms with Crippen molar-refractivity contribution < 1.29 is 9.52 Å². The van der Waals surface area contributed by atoms with E-state index in [9.17, 15) is 5.11 Å². The average Bonchev–Trinajstić information content (AvgIpc) is 3.13.